The fraction of sp³-hybridized carbons (Fsp3) is 0.692. The van der Waals surface area contributed by atoms with E-state index in [1.807, 2.05) is 6.92 Å². The first-order valence-corrected chi connectivity index (χ1v) is 8.32. The van der Waals surface area contributed by atoms with Crippen LogP contribution >= 0.6 is 0 Å². The summed E-state index contributed by atoms with van der Waals surface area (Å²) in [6, 6.07) is 2.99. The molecule has 0 saturated heterocycles. The second-order valence-electron chi connectivity index (χ2n) is 5.23. The Kier molecular flexibility index (Phi) is 4.65. The normalized spacial score (nSPS) is 19.5. The van der Waals surface area contributed by atoms with E-state index in [1.165, 1.54) is 25.3 Å². The molecule has 0 aromatic carbocycles. The first-order chi connectivity index (χ1) is 9.03. The highest BCUT2D eigenvalue weighted by Crippen LogP contribution is 2.27. The molecular weight excluding hydrogens is 264 g/mol. The van der Waals surface area contributed by atoms with Crippen molar-refractivity contribution in [1.29, 1.82) is 0 Å². The molecule has 108 valence electrons. The van der Waals surface area contributed by atoms with Gasteiger partial charge in [-0.1, -0.05) is 19.3 Å². The molecule has 1 aromatic heterocycles. The molecule has 1 fully saturated rings. The Morgan fingerprint density at radius 1 is 1.37 bits per heavy atom. The summed E-state index contributed by atoms with van der Waals surface area (Å²) >= 11 is 0. The molecule has 1 unspecified atom stereocenters. The maximum Gasteiger partial charge on any atom is 0.274 e. The van der Waals surface area contributed by atoms with Gasteiger partial charge in [-0.3, -0.25) is 0 Å². The van der Waals surface area contributed by atoms with E-state index in [0.717, 1.165) is 12.8 Å². The Hall–Kier alpha value is -0.850. The lowest BCUT2D eigenvalue weighted by Gasteiger charge is -2.27. The Bertz CT molecular complexity index is 504. The van der Waals surface area contributed by atoms with Crippen molar-refractivity contribution in [2.24, 2.45) is 11.7 Å². The molecule has 0 spiro atoms. The molecule has 1 atom stereocenters. The van der Waals surface area contributed by atoms with Crippen molar-refractivity contribution in [3.8, 4) is 0 Å². The standard InChI is InChI=1S/C13H22N2O3S/c1-10(11-5-3-2-4-6-11)15-19(16,17)13-8-7-12(9-14)18-13/h7-8,10-11,15H,2-6,9,14H2,1H3. The molecule has 0 amide bonds. The zero-order valence-corrected chi connectivity index (χ0v) is 12.1. The minimum absolute atomic E-state index is 0.0457. The zero-order chi connectivity index (χ0) is 13.9. The topological polar surface area (TPSA) is 85.3 Å². The van der Waals surface area contributed by atoms with Crippen LogP contribution in [0.3, 0.4) is 0 Å². The summed E-state index contributed by atoms with van der Waals surface area (Å²) in [6.07, 6.45) is 5.82. The molecule has 5 nitrogen and oxygen atoms in total. The number of rotatable bonds is 5. The van der Waals surface area contributed by atoms with Crippen LogP contribution in [0.1, 0.15) is 44.8 Å². The number of hydrogen-bond acceptors (Lipinski definition) is 4. The Morgan fingerprint density at radius 2 is 2.05 bits per heavy atom. The predicted molar refractivity (Wildman–Crippen MR) is 73.0 cm³/mol. The van der Waals surface area contributed by atoms with Gasteiger partial charge in [0.05, 0.1) is 6.54 Å². The summed E-state index contributed by atoms with van der Waals surface area (Å²) in [5.74, 6) is 0.901. The summed E-state index contributed by atoms with van der Waals surface area (Å²) in [5.41, 5.74) is 5.42. The molecule has 1 aliphatic rings. The first-order valence-electron chi connectivity index (χ1n) is 6.84. The van der Waals surface area contributed by atoms with Gasteiger partial charge in [0.1, 0.15) is 5.76 Å². The quantitative estimate of drug-likeness (QED) is 0.866. The summed E-state index contributed by atoms with van der Waals surface area (Å²) in [4.78, 5) is 0. The van der Waals surface area contributed by atoms with Gasteiger partial charge in [0.2, 0.25) is 5.09 Å². The van der Waals surface area contributed by atoms with Gasteiger partial charge in [-0.05, 0) is 37.8 Å². The molecule has 0 aliphatic heterocycles. The smallest absolute Gasteiger partial charge is 0.274 e. The van der Waals surface area contributed by atoms with Crippen LogP contribution in [0.5, 0.6) is 0 Å². The molecule has 1 aromatic rings. The van der Waals surface area contributed by atoms with Crippen LogP contribution in [-0.2, 0) is 16.6 Å². The third kappa shape index (κ3) is 3.58. The maximum atomic E-state index is 12.2. The lowest BCUT2D eigenvalue weighted by molar-refractivity contribution is 0.301. The molecular formula is C13H22N2O3S. The van der Waals surface area contributed by atoms with E-state index in [-0.39, 0.29) is 17.7 Å². The van der Waals surface area contributed by atoms with E-state index in [9.17, 15) is 8.42 Å². The predicted octanol–water partition coefficient (Wildman–Crippen LogP) is 1.99. The van der Waals surface area contributed by atoms with E-state index < -0.39 is 10.0 Å². The minimum atomic E-state index is -3.57. The van der Waals surface area contributed by atoms with Crippen LogP contribution in [0.15, 0.2) is 21.6 Å². The second kappa shape index (κ2) is 6.07. The highest BCUT2D eigenvalue weighted by atomic mass is 32.2. The summed E-state index contributed by atoms with van der Waals surface area (Å²) < 4.78 is 32.3. The van der Waals surface area contributed by atoms with Crippen LogP contribution in [0.25, 0.3) is 0 Å². The van der Waals surface area contributed by atoms with Crippen LogP contribution in [0.4, 0.5) is 0 Å². The van der Waals surface area contributed by atoms with E-state index in [1.54, 1.807) is 6.07 Å². The summed E-state index contributed by atoms with van der Waals surface area (Å²) in [7, 11) is -3.57. The third-order valence-corrected chi connectivity index (χ3v) is 5.23. The highest BCUT2D eigenvalue weighted by molar-refractivity contribution is 7.89. The van der Waals surface area contributed by atoms with Gasteiger partial charge in [0.15, 0.2) is 0 Å². The van der Waals surface area contributed by atoms with Crippen molar-refractivity contribution < 1.29 is 12.8 Å². The van der Waals surface area contributed by atoms with Gasteiger partial charge in [-0.25, -0.2) is 13.1 Å². The van der Waals surface area contributed by atoms with Gasteiger partial charge < -0.3 is 10.2 Å². The first kappa shape index (κ1) is 14.6. The van der Waals surface area contributed by atoms with E-state index in [2.05, 4.69) is 4.72 Å². The zero-order valence-electron chi connectivity index (χ0n) is 11.3. The van der Waals surface area contributed by atoms with Crippen molar-refractivity contribution in [3.05, 3.63) is 17.9 Å². The SMILES string of the molecule is CC(NS(=O)(=O)c1ccc(CN)o1)C1CCCCC1. The maximum absolute atomic E-state index is 12.2. The highest BCUT2D eigenvalue weighted by Gasteiger charge is 2.26. The van der Waals surface area contributed by atoms with Gasteiger partial charge in [-0.15, -0.1) is 0 Å². The molecule has 6 heteroatoms. The number of hydrogen-bond donors (Lipinski definition) is 2. The fourth-order valence-electron chi connectivity index (χ4n) is 2.65. The van der Waals surface area contributed by atoms with Crippen molar-refractivity contribution in [1.82, 2.24) is 4.72 Å². The van der Waals surface area contributed by atoms with Crippen LogP contribution in [0, 0.1) is 5.92 Å². The van der Waals surface area contributed by atoms with Gasteiger partial charge in [0, 0.05) is 6.04 Å². The molecule has 1 saturated carbocycles. The van der Waals surface area contributed by atoms with E-state index >= 15 is 0 Å². The molecule has 0 radical (unpaired) electrons. The van der Waals surface area contributed by atoms with E-state index in [0.29, 0.717) is 11.7 Å². The Balaban J connectivity index is 2.03. The lowest BCUT2D eigenvalue weighted by Crippen LogP contribution is -2.38. The molecule has 1 heterocycles. The molecule has 19 heavy (non-hydrogen) atoms. The minimum Gasteiger partial charge on any atom is -0.447 e. The average Bonchev–Trinajstić information content (AvgIpc) is 2.89. The van der Waals surface area contributed by atoms with Crippen LogP contribution < -0.4 is 10.5 Å². The van der Waals surface area contributed by atoms with Gasteiger partial charge >= 0.3 is 0 Å². The van der Waals surface area contributed by atoms with Crippen molar-refractivity contribution in [2.75, 3.05) is 0 Å². The average molecular weight is 286 g/mol. The van der Waals surface area contributed by atoms with Gasteiger partial charge in [-0.2, -0.15) is 0 Å². The van der Waals surface area contributed by atoms with Crippen molar-refractivity contribution in [3.63, 3.8) is 0 Å². The second-order valence-corrected chi connectivity index (χ2v) is 6.88. The molecule has 2 rings (SSSR count). The molecule has 3 N–H and O–H groups in total. The number of sulfonamides is 1. The number of nitrogens with one attached hydrogen (secondary N) is 1. The molecule has 0 bridgehead atoms. The Labute approximate surface area is 114 Å². The monoisotopic (exact) mass is 286 g/mol. The van der Waals surface area contributed by atoms with Crippen molar-refractivity contribution in [2.45, 2.75) is 56.7 Å². The summed E-state index contributed by atoms with van der Waals surface area (Å²) in [5, 5.41) is -0.0457. The Morgan fingerprint density at radius 3 is 2.63 bits per heavy atom. The van der Waals surface area contributed by atoms with Crippen LogP contribution in [0.2, 0.25) is 0 Å². The summed E-state index contributed by atoms with van der Waals surface area (Å²) in [6.45, 7) is 2.13. The van der Waals surface area contributed by atoms with E-state index in [4.69, 9.17) is 10.2 Å². The lowest BCUT2D eigenvalue weighted by atomic mass is 9.85. The number of furan rings is 1. The van der Waals surface area contributed by atoms with Crippen LogP contribution in [-0.4, -0.2) is 14.5 Å². The largest absolute Gasteiger partial charge is 0.447 e. The number of nitrogens with two attached hydrogens (primary N) is 1. The van der Waals surface area contributed by atoms with Gasteiger partial charge in [0.25, 0.3) is 10.0 Å². The van der Waals surface area contributed by atoms with Crippen molar-refractivity contribution >= 4 is 10.0 Å². The molecule has 1 aliphatic carbocycles. The third-order valence-electron chi connectivity index (χ3n) is 3.80. The fourth-order valence-corrected chi connectivity index (χ4v) is 3.91.